The molecule has 0 spiro atoms. The lowest BCUT2D eigenvalue weighted by molar-refractivity contribution is 0.791. The number of benzene rings is 2. The first-order valence-corrected chi connectivity index (χ1v) is 5.99. The third-order valence-electron chi connectivity index (χ3n) is 2.77. The van der Waals surface area contributed by atoms with Gasteiger partial charge in [0.05, 0.1) is 5.69 Å². The smallest absolute Gasteiger partial charge is 0.252 e. The maximum Gasteiger partial charge on any atom is 0.252 e. The molecule has 3 rings (SSSR count). The molecule has 0 fully saturated rings. The van der Waals surface area contributed by atoms with E-state index in [1.165, 1.54) is 0 Å². The average molecular weight is 267 g/mol. The molecule has 20 heavy (non-hydrogen) atoms. The molecule has 0 amide bonds. The first-order chi connectivity index (χ1) is 9.72. The Morgan fingerprint density at radius 1 is 0.850 bits per heavy atom. The van der Waals surface area contributed by atoms with E-state index in [9.17, 15) is 0 Å². The van der Waals surface area contributed by atoms with Crippen LogP contribution >= 0.6 is 0 Å². The number of hydrogen-bond acceptors (Lipinski definition) is 6. The second-order valence-corrected chi connectivity index (χ2v) is 4.25. The van der Waals surface area contributed by atoms with E-state index in [1.807, 2.05) is 24.3 Å². The summed E-state index contributed by atoms with van der Waals surface area (Å²) in [5.74, 6) is 0.513. The normalized spacial score (nSPS) is 10.4. The fourth-order valence-corrected chi connectivity index (χ4v) is 1.75. The van der Waals surface area contributed by atoms with Crippen LogP contribution in [0.1, 0.15) is 0 Å². The van der Waals surface area contributed by atoms with Crippen LogP contribution in [0.15, 0.2) is 48.5 Å². The molecule has 1 heterocycles. The zero-order valence-electron chi connectivity index (χ0n) is 10.6. The Hall–Kier alpha value is -3.09. The molecular formula is C13H13N7. The molecule has 0 saturated heterocycles. The van der Waals surface area contributed by atoms with Crippen molar-refractivity contribution in [3.05, 3.63) is 48.5 Å². The SMILES string of the molecule is Nc1ccc(Nc2nnnn2-c2ccc(N)cc2)cc1. The van der Waals surface area contributed by atoms with Crippen LogP contribution in [0.5, 0.6) is 0 Å². The molecule has 0 aliphatic heterocycles. The van der Waals surface area contributed by atoms with Crippen molar-refractivity contribution in [3.63, 3.8) is 0 Å². The molecule has 2 aromatic carbocycles. The number of rotatable bonds is 3. The molecule has 0 aliphatic carbocycles. The van der Waals surface area contributed by atoms with Gasteiger partial charge in [-0.25, -0.2) is 0 Å². The lowest BCUT2D eigenvalue weighted by Gasteiger charge is -2.07. The van der Waals surface area contributed by atoms with Gasteiger partial charge in [-0.3, -0.25) is 0 Å². The highest BCUT2D eigenvalue weighted by atomic mass is 15.6. The number of nitrogens with two attached hydrogens (primary N) is 2. The van der Waals surface area contributed by atoms with Gasteiger partial charge < -0.3 is 16.8 Å². The number of hydrogen-bond donors (Lipinski definition) is 3. The summed E-state index contributed by atoms with van der Waals surface area (Å²) >= 11 is 0. The summed E-state index contributed by atoms with van der Waals surface area (Å²) in [6, 6.07) is 14.6. The van der Waals surface area contributed by atoms with Crippen molar-refractivity contribution in [2.24, 2.45) is 0 Å². The monoisotopic (exact) mass is 267 g/mol. The van der Waals surface area contributed by atoms with Gasteiger partial charge in [-0.15, -0.1) is 0 Å². The van der Waals surface area contributed by atoms with Gasteiger partial charge >= 0.3 is 0 Å². The van der Waals surface area contributed by atoms with E-state index in [0.717, 1.165) is 11.4 Å². The molecule has 0 bridgehead atoms. The number of nitrogens with zero attached hydrogens (tertiary/aromatic N) is 4. The molecule has 0 unspecified atom stereocenters. The van der Waals surface area contributed by atoms with E-state index in [0.29, 0.717) is 17.3 Å². The predicted octanol–water partition coefficient (Wildman–Crippen LogP) is 1.57. The van der Waals surface area contributed by atoms with E-state index < -0.39 is 0 Å². The topological polar surface area (TPSA) is 108 Å². The molecule has 1 aromatic heterocycles. The predicted molar refractivity (Wildman–Crippen MR) is 77.7 cm³/mol. The minimum atomic E-state index is 0.513. The molecule has 0 atom stereocenters. The van der Waals surface area contributed by atoms with Crippen LogP contribution in [0, 0.1) is 0 Å². The van der Waals surface area contributed by atoms with E-state index in [1.54, 1.807) is 28.9 Å². The number of tetrazole rings is 1. The van der Waals surface area contributed by atoms with Gasteiger partial charge in [0.1, 0.15) is 0 Å². The van der Waals surface area contributed by atoms with Gasteiger partial charge in [-0.05, 0) is 59.0 Å². The van der Waals surface area contributed by atoms with Crippen LogP contribution in [-0.4, -0.2) is 20.2 Å². The molecule has 3 aromatic rings. The Bertz CT molecular complexity index is 700. The number of aromatic nitrogens is 4. The standard InChI is InChI=1S/C13H13N7/c14-9-1-5-11(6-2-9)16-13-17-18-19-20(13)12-7-3-10(15)4-8-12/h1-8H,14-15H2,(H,16,17,19). The lowest BCUT2D eigenvalue weighted by atomic mass is 10.3. The van der Waals surface area contributed by atoms with Gasteiger partial charge in [-0.2, -0.15) is 4.68 Å². The Morgan fingerprint density at radius 3 is 2.10 bits per heavy atom. The largest absolute Gasteiger partial charge is 0.399 e. The van der Waals surface area contributed by atoms with Gasteiger partial charge in [0.15, 0.2) is 0 Å². The Morgan fingerprint density at radius 2 is 1.45 bits per heavy atom. The fraction of sp³-hybridized carbons (Fsp3) is 0. The lowest BCUT2D eigenvalue weighted by Crippen LogP contribution is -2.03. The van der Waals surface area contributed by atoms with Crippen LogP contribution < -0.4 is 16.8 Å². The fourth-order valence-electron chi connectivity index (χ4n) is 1.75. The van der Waals surface area contributed by atoms with Crippen molar-refractivity contribution < 1.29 is 0 Å². The molecule has 0 aliphatic rings. The third-order valence-corrected chi connectivity index (χ3v) is 2.77. The van der Waals surface area contributed by atoms with E-state index in [2.05, 4.69) is 20.8 Å². The zero-order valence-corrected chi connectivity index (χ0v) is 10.6. The van der Waals surface area contributed by atoms with Crippen LogP contribution in [0.25, 0.3) is 5.69 Å². The van der Waals surface area contributed by atoms with Gasteiger partial charge in [0.2, 0.25) is 0 Å². The molecular weight excluding hydrogens is 254 g/mol. The highest BCUT2D eigenvalue weighted by Gasteiger charge is 2.08. The summed E-state index contributed by atoms with van der Waals surface area (Å²) in [5, 5.41) is 14.7. The minimum absolute atomic E-state index is 0.513. The average Bonchev–Trinajstić information content (AvgIpc) is 2.90. The summed E-state index contributed by atoms with van der Waals surface area (Å²) < 4.78 is 1.59. The van der Waals surface area contributed by atoms with E-state index in [4.69, 9.17) is 11.5 Å². The Labute approximate surface area is 115 Å². The van der Waals surface area contributed by atoms with Crippen molar-refractivity contribution in [2.45, 2.75) is 0 Å². The summed E-state index contributed by atoms with van der Waals surface area (Å²) in [4.78, 5) is 0. The molecule has 0 radical (unpaired) electrons. The van der Waals surface area contributed by atoms with Gasteiger partial charge in [0, 0.05) is 17.1 Å². The summed E-state index contributed by atoms with van der Waals surface area (Å²) in [7, 11) is 0. The Kier molecular flexibility index (Phi) is 2.92. The van der Waals surface area contributed by atoms with Crippen molar-refractivity contribution in [1.29, 1.82) is 0 Å². The molecule has 7 nitrogen and oxygen atoms in total. The first kappa shape index (κ1) is 12.0. The molecule has 100 valence electrons. The Balaban J connectivity index is 1.90. The van der Waals surface area contributed by atoms with Crippen molar-refractivity contribution >= 4 is 23.0 Å². The van der Waals surface area contributed by atoms with E-state index in [-0.39, 0.29) is 0 Å². The van der Waals surface area contributed by atoms with Crippen molar-refractivity contribution in [1.82, 2.24) is 20.2 Å². The molecule has 0 saturated carbocycles. The van der Waals surface area contributed by atoms with Crippen LogP contribution in [-0.2, 0) is 0 Å². The number of nitrogens with one attached hydrogen (secondary N) is 1. The van der Waals surface area contributed by atoms with Gasteiger partial charge in [-0.1, -0.05) is 5.10 Å². The van der Waals surface area contributed by atoms with Crippen LogP contribution in [0.2, 0.25) is 0 Å². The van der Waals surface area contributed by atoms with Gasteiger partial charge in [0.25, 0.3) is 5.95 Å². The summed E-state index contributed by atoms with van der Waals surface area (Å²) in [5.41, 5.74) is 14.4. The summed E-state index contributed by atoms with van der Waals surface area (Å²) in [6.45, 7) is 0. The van der Waals surface area contributed by atoms with E-state index >= 15 is 0 Å². The molecule has 7 heteroatoms. The first-order valence-electron chi connectivity index (χ1n) is 5.99. The second-order valence-electron chi connectivity index (χ2n) is 4.25. The minimum Gasteiger partial charge on any atom is -0.399 e. The van der Waals surface area contributed by atoms with Crippen LogP contribution in [0.3, 0.4) is 0 Å². The van der Waals surface area contributed by atoms with Crippen LogP contribution in [0.4, 0.5) is 23.0 Å². The molecule has 5 N–H and O–H groups in total. The quantitative estimate of drug-likeness (QED) is 0.622. The summed E-state index contributed by atoms with van der Waals surface area (Å²) in [6.07, 6.45) is 0. The highest BCUT2D eigenvalue weighted by Crippen LogP contribution is 2.18. The number of anilines is 4. The second kappa shape index (κ2) is 4.88. The maximum absolute atomic E-state index is 5.67. The maximum atomic E-state index is 5.67. The van der Waals surface area contributed by atoms with Crippen molar-refractivity contribution in [2.75, 3.05) is 16.8 Å². The van der Waals surface area contributed by atoms with Crippen molar-refractivity contribution in [3.8, 4) is 5.69 Å². The third kappa shape index (κ3) is 2.37. The highest BCUT2D eigenvalue weighted by molar-refractivity contribution is 5.58. The number of nitrogen functional groups attached to an aromatic ring is 2. The zero-order chi connectivity index (χ0) is 13.9.